The smallest absolute Gasteiger partial charge is 0.234 e. The van der Waals surface area contributed by atoms with E-state index in [1.54, 1.807) is 6.20 Å². The molecule has 2 rings (SSSR count). The third kappa shape index (κ3) is 2.99. The zero-order valence-corrected chi connectivity index (χ0v) is 12.5. The first kappa shape index (κ1) is 14.5. The molecule has 0 saturated heterocycles. The van der Waals surface area contributed by atoms with Gasteiger partial charge in [0.2, 0.25) is 5.91 Å². The van der Waals surface area contributed by atoms with E-state index in [4.69, 9.17) is 11.6 Å². The molecular weight excluding hydrogens is 272 g/mol. The average Bonchev–Trinajstić information content (AvgIpc) is 2.44. The van der Waals surface area contributed by atoms with Gasteiger partial charge >= 0.3 is 0 Å². The van der Waals surface area contributed by atoms with Crippen LogP contribution in [0.5, 0.6) is 0 Å². The van der Waals surface area contributed by atoms with Gasteiger partial charge in [-0.05, 0) is 38.0 Å². The largest absolute Gasteiger partial charge is 0.324 e. The summed E-state index contributed by atoms with van der Waals surface area (Å²) < 4.78 is 0. The maximum Gasteiger partial charge on any atom is 0.234 e. The molecule has 0 radical (unpaired) electrons. The number of aromatic nitrogens is 1. The van der Waals surface area contributed by atoms with Crippen molar-refractivity contribution in [1.29, 1.82) is 0 Å². The second-order valence-corrected chi connectivity index (χ2v) is 5.63. The molecule has 104 valence electrons. The summed E-state index contributed by atoms with van der Waals surface area (Å²) in [5.41, 5.74) is 1.84. The summed E-state index contributed by atoms with van der Waals surface area (Å²) in [6.07, 6.45) is 1.56. The summed E-state index contributed by atoms with van der Waals surface area (Å²) >= 11 is 5.88. The minimum Gasteiger partial charge on any atom is -0.324 e. The fourth-order valence-corrected chi connectivity index (χ4v) is 2.00. The lowest BCUT2D eigenvalue weighted by Crippen LogP contribution is -2.34. The molecule has 3 nitrogen and oxygen atoms in total. The van der Waals surface area contributed by atoms with Crippen molar-refractivity contribution in [3.63, 3.8) is 0 Å². The van der Waals surface area contributed by atoms with Gasteiger partial charge in [0.05, 0.1) is 17.3 Å². The summed E-state index contributed by atoms with van der Waals surface area (Å²) in [7, 11) is 0. The van der Waals surface area contributed by atoms with Crippen LogP contribution in [0.25, 0.3) is 0 Å². The van der Waals surface area contributed by atoms with E-state index in [9.17, 15) is 4.79 Å². The number of halogens is 1. The van der Waals surface area contributed by atoms with Crippen molar-refractivity contribution in [2.24, 2.45) is 0 Å². The quantitative estimate of drug-likeness (QED) is 0.869. The molecule has 4 heteroatoms. The fourth-order valence-electron chi connectivity index (χ4n) is 1.90. The third-order valence-corrected chi connectivity index (χ3v) is 3.73. The van der Waals surface area contributed by atoms with E-state index in [1.807, 2.05) is 57.2 Å². The van der Waals surface area contributed by atoms with Gasteiger partial charge in [0.15, 0.2) is 0 Å². The zero-order chi connectivity index (χ0) is 14.8. The number of rotatable bonds is 3. The number of benzene rings is 1. The number of anilines is 1. The molecule has 1 aromatic carbocycles. The number of hydrogen-bond donors (Lipinski definition) is 1. The van der Waals surface area contributed by atoms with Crippen LogP contribution in [0.1, 0.15) is 25.0 Å². The van der Waals surface area contributed by atoms with E-state index >= 15 is 0 Å². The van der Waals surface area contributed by atoms with Crippen LogP contribution in [-0.4, -0.2) is 10.9 Å². The van der Waals surface area contributed by atoms with Crippen LogP contribution in [0.4, 0.5) is 5.69 Å². The SMILES string of the molecule is Cc1cc(NC(=O)C(C)(C)c2ccccc2)cnc1Cl. The topological polar surface area (TPSA) is 42.0 Å². The van der Waals surface area contributed by atoms with E-state index in [1.165, 1.54) is 0 Å². The molecule has 0 aliphatic heterocycles. The number of hydrogen-bond acceptors (Lipinski definition) is 2. The first-order valence-corrected chi connectivity index (χ1v) is 6.78. The molecule has 0 atom stereocenters. The van der Waals surface area contributed by atoms with Crippen molar-refractivity contribution in [2.45, 2.75) is 26.2 Å². The molecule has 1 aromatic heterocycles. The van der Waals surface area contributed by atoms with E-state index in [-0.39, 0.29) is 5.91 Å². The van der Waals surface area contributed by atoms with E-state index in [2.05, 4.69) is 10.3 Å². The van der Waals surface area contributed by atoms with Gasteiger partial charge in [0.25, 0.3) is 0 Å². The zero-order valence-electron chi connectivity index (χ0n) is 11.8. The molecule has 1 N–H and O–H groups in total. The van der Waals surface area contributed by atoms with Crippen LogP contribution in [-0.2, 0) is 10.2 Å². The van der Waals surface area contributed by atoms with E-state index in [0.29, 0.717) is 10.8 Å². The third-order valence-electron chi connectivity index (χ3n) is 3.34. The van der Waals surface area contributed by atoms with Crippen LogP contribution in [0.15, 0.2) is 42.6 Å². The van der Waals surface area contributed by atoms with Gasteiger partial charge in [-0.3, -0.25) is 4.79 Å². The Labute approximate surface area is 124 Å². The number of carbonyl (C=O) groups is 1. The molecule has 0 saturated carbocycles. The second-order valence-electron chi connectivity index (χ2n) is 5.28. The van der Waals surface area contributed by atoms with Crippen LogP contribution in [0.3, 0.4) is 0 Å². The summed E-state index contributed by atoms with van der Waals surface area (Å²) in [6, 6.07) is 11.5. The number of pyridine rings is 1. The molecular formula is C16H17ClN2O. The van der Waals surface area contributed by atoms with Gasteiger partial charge in [-0.2, -0.15) is 0 Å². The van der Waals surface area contributed by atoms with Crippen molar-refractivity contribution >= 4 is 23.2 Å². The van der Waals surface area contributed by atoms with Crippen molar-refractivity contribution in [3.8, 4) is 0 Å². The summed E-state index contributed by atoms with van der Waals surface area (Å²) in [4.78, 5) is 16.5. The minimum atomic E-state index is -0.616. The average molecular weight is 289 g/mol. The Kier molecular flexibility index (Phi) is 4.09. The van der Waals surface area contributed by atoms with Crippen LogP contribution in [0, 0.1) is 6.92 Å². The van der Waals surface area contributed by atoms with Crippen molar-refractivity contribution in [2.75, 3.05) is 5.32 Å². The lowest BCUT2D eigenvalue weighted by molar-refractivity contribution is -0.120. The molecule has 0 spiro atoms. The first-order valence-electron chi connectivity index (χ1n) is 6.40. The lowest BCUT2D eigenvalue weighted by Gasteiger charge is -2.24. The fraction of sp³-hybridized carbons (Fsp3) is 0.250. The number of nitrogens with one attached hydrogen (secondary N) is 1. The number of carbonyl (C=O) groups excluding carboxylic acids is 1. The predicted octanol–water partition coefficient (Wildman–Crippen LogP) is 3.96. The molecule has 1 amide bonds. The molecule has 2 aromatic rings. The Morgan fingerprint density at radius 3 is 2.50 bits per heavy atom. The summed E-state index contributed by atoms with van der Waals surface area (Å²) in [5, 5.41) is 3.34. The van der Waals surface area contributed by atoms with Crippen molar-refractivity contribution in [1.82, 2.24) is 4.98 Å². The highest BCUT2D eigenvalue weighted by Gasteiger charge is 2.29. The van der Waals surface area contributed by atoms with E-state index < -0.39 is 5.41 Å². The highest BCUT2D eigenvalue weighted by Crippen LogP contribution is 2.25. The van der Waals surface area contributed by atoms with E-state index in [0.717, 1.165) is 11.1 Å². The molecule has 20 heavy (non-hydrogen) atoms. The number of nitrogens with zero attached hydrogens (tertiary/aromatic N) is 1. The van der Waals surface area contributed by atoms with Gasteiger partial charge in [0.1, 0.15) is 5.15 Å². The summed E-state index contributed by atoms with van der Waals surface area (Å²) in [5.74, 6) is -0.0766. The highest BCUT2D eigenvalue weighted by molar-refractivity contribution is 6.30. The Balaban J connectivity index is 2.21. The summed E-state index contributed by atoms with van der Waals surface area (Å²) in [6.45, 7) is 5.65. The first-order chi connectivity index (χ1) is 9.41. The molecule has 1 heterocycles. The normalized spacial score (nSPS) is 11.2. The molecule has 0 aliphatic rings. The molecule has 0 fully saturated rings. The Morgan fingerprint density at radius 2 is 1.90 bits per heavy atom. The van der Waals surface area contributed by atoms with Gasteiger partial charge < -0.3 is 5.32 Å². The maximum absolute atomic E-state index is 12.5. The molecule has 0 bridgehead atoms. The van der Waals surface area contributed by atoms with Gasteiger partial charge in [-0.25, -0.2) is 4.98 Å². The highest BCUT2D eigenvalue weighted by atomic mass is 35.5. The van der Waals surface area contributed by atoms with Gasteiger partial charge in [0, 0.05) is 0 Å². The Bertz CT molecular complexity index is 624. The minimum absolute atomic E-state index is 0.0766. The second kappa shape index (κ2) is 5.63. The lowest BCUT2D eigenvalue weighted by atomic mass is 9.83. The monoisotopic (exact) mass is 288 g/mol. The van der Waals surface area contributed by atoms with Crippen LogP contribution < -0.4 is 5.32 Å². The van der Waals surface area contributed by atoms with Gasteiger partial charge in [-0.1, -0.05) is 41.9 Å². The predicted molar refractivity (Wildman–Crippen MR) is 82.1 cm³/mol. The van der Waals surface area contributed by atoms with Crippen LogP contribution >= 0.6 is 11.6 Å². The standard InChI is InChI=1S/C16H17ClN2O/c1-11-9-13(10-18-14(11)17)19-15(20)16(2,3)12-7-5-4-6-8-12/h4-10H,1-3H3,(H,19,20). The van der Waals surface area contributed by atoms with Crippen molar-refractivity contribution in [3.05, 3.63) is 58.9 Å². The molecule has 0 aliphatic carbocycles. The maximum atomic E-state index is 12.5. The van der Waals surface area contributed by atoms with Gasteiger partial charge in [-0.15, -0.1) is 0 Å². The Morgan fingerprint density at radius 1 is 1.25 bits per heavy atom. The number of amides is 1. The Hall–Kier alpha value is -1.87. The van der Waals surface area contributed by atoms with Crippen LogP contribution in [0.2, 0.25) is 5.15 Å². The number of aryl methyl sites for hydroxylation is 1. The molecule has 0 unspecified atom stereocenters. The van der Waals surface area contributed by atoms with Crippen molar-refractivity contribution < 1.29 is 4.79 Å².